The van der Waals surface area contributed by atoms with Crippen molar-refractivity contribution in [1.82, 2.24) is 4.31 Å². The van der Waals surface area contributed by atoms with E-state index in [4.69, 9.17) is 0 Å². The topological polar surface area (TPSA) is 37.4 Å². The smallest absolute Gasteiger partial charge is 0.211 e. The van der Waals surface area contributed by atoms with Gasteiger partial charge in [0, 0.05) is 13.1 Å². The third kappa shape index (κ3) is 2.38. The molecule has 0 N–H and O–H groups in total. The highest BCUT2D eigenvalue weighted by Gasteiger charge is 2.30. The first-order valence-electron chi connectivity index (χ1n) is 5.96. The summed E-state index contributed by atoms with van der Waals surface area (Å²) in [5, 5.41) is -0.443. The van der Waals surface area contributed by atoms with Crippen LogP contribution in [0, 0.1) is 5.92 Å². The minimum absolute atomic E-state index is 0.354. The molecule has 2 aliphatic rings. The Balaban J connectivity index is 2.12. The predicted octanol–water partition coefficient (Wildman–Crippen LogP) is 1.93. The van der Waals surface area contributed by atoms with Gasteiger partial charge in [-0.15, -0.1) is 0 Å². The fourth-order valence-electron chi connectivity index (χ4n) is 2.19. The molecule has 0 amide bonds. The monoisotopic (exact) mass is 241 g/mol. The van der Waals surface area contributed by atoms with Crippen molar-refractivity contribution in [3.05, 3.63) is 24.3 Å². The number of sulfonamides is 1. The van der Waals surface area contributed by atoms with E-state index in [2.05, 4.69) is 6.92 Å². The lowest BCUT2D eigenvalue weighted by molar-refractivity contribution is 0.346. The molecule has 1 aliphatic heterocycles. The maximum Gasteiger partial charge on any atom is 0.224 e. The second-order valence-electron chi connectivity index (χ2n) is 4.60. The minimum Gasteiger partial charge on any atom is -0.211 e. The van der Waals surface area contributed by atoms with Crippen LogP contribution in [-0.4, -0.2) is 31.1 Å². The zero-order chi connectivity index (χ0) is 11.6. The Morgan fingerprint density at radius 3 is 2.12 bits per heavy atom. The highest BCUT2D eigenvalue weighted by atomic mass is 32.2. The van der Waals surface area contributed by atoms with Gasteiger partial charge in [-0.25, -0.2) is 12.7 Å². The zero-order valence-corrected chi connectivity index (χ0v) is 10.5. The second kappa shape index (κ2) is 4.72. The lowest BCUT2D eigenvalue weighted by Gasteiger charge is -2.29. The van der Waals surface area contributed by atoms with E-state index in [9.17, 15) is 8.42 Å². The van der Waals surface area contributed by atoms with Crippen LogP contribution in [0.2, 0.25) is 0 Å². The fraction of sp³-hybridized carbons (Fsp3) is 0.667. The molecule has 0 aromatic carbocycles. The van der Waals surface area contributed by atoms with Crippen molar-refractivity contribution in [2.75, 3.05) is 13.1 Å². The third-order valence-corrected chi connectivity index (χ3v) is 5.31. The second-order valence-corrected chi connectivity index (χ2v) is 6.69. The van der Waals surface area contributed by atoms with Crippen molar-refractivity contribution in [2.45, 2.75) is 31.4 Å². The maximum absolute atomic E-state index is 12.3. The molecular formula is C12H19NO2S. The molecule has 16 heavy (non-hydrogen) atoms. The Morgan fingerprint density at radius 2 is 1.56 bits per heavy atom. The van der Waals surface area contributed by atoms with E-state index in [0.717, 1.165) is 19.3 Å². The Bertz CT molecular complexity index is 377. The first kappa shape index (κ1) is 11.9. The molecule has 1 fully saturated rings. The summed E-state index contributed by atoms with van der Waals surface area (Å²) in [5.74, 6) is 0.354. The van der Waals surface area contributed by atoms with Gasteiger partial charge in [0.1, 0.15) is 5.25 Å². The van der Waals surface area contributed by atoms with E-state index in [-0.39, 0.29) is 0 Å². The lowest BCUT2D eigenvalue weighted by atomic mass is 10.1. The lowest BCUT2D eigenvalue weighted by Crippen LogP contribution is -2.40. The SMILES string of the molecule is CC1C=CC(S(=O)(=O)N2CCCCC2)C=C1. The third-order valence-electron chi connectivity index (χ3n) is 3.23. The van der Waals surface area contributed by atoms with Gasteiger partial charge in [-0.2, -0.15) is 0 Å². The quantitative estimate of drug-likeness (QED) is 0.693. The summed E-state index contributed by atoms with van der Waals surface area (Å²) in [6, 6.07) is 0. The van der Waals surface area contributed by atoms with Crippen molar-refractivity contribution in [1.29, 1.82) is 0 Å². The molecule has 1 saturated heterocycles. The van der Waals surface area contributed by atoms with E-state index in [0.29, 0.717) is 19.0 Å². The fourth-order valence-corrected chi connectivity index (χ4v) is 3.88. The van der Waals surface area contributed by atoms with Crippen LogP contribution in [0.3, 0.4) is 0 Å². The van der Waals surface area contributed by atoms with Gasteiger partial charge in [0.2, 0.25) is 10.0 Å². The average Bonchev–Trinajstić information content (AvgIpc) is 2.31. The Hall–Kier alpha value is -0.610. The van der Waals surface area contributed by atoms with Crippen molar-refractivity contribution < 1.29 is 8.42 Å². The van der Waals surface area contributed by atoms with Gasteiger partial charge in [-0.1, -0.05) is 37.6 Å². The number of piperidine rings is 1. The molecule has 0 bridgehead atoms. The summed E-state index contributed by atoms with van der Waals surface area (Å²) in [6.45, 7) is 3.43. The summed E-state index contributed by atoms with van der Waals surface area (Å²) in [7, 11) is -3.15. The number of nitrogens with zero attached hydrogens (tertiary/aromatic N) is 1. The number of rotatable bonds is 2. The molecule has 0 aromatic heterocycles. The highest BCUT2D eigenvalue weighted by Crippen LogP contribution is 2.21. The molecule has 0 unspecified atom stereocenters. The first-order chi connectivity index (χ1) is 7.60. The van der Waals surface area contributed by atoms with Gasteiger partial charge >= 0.3 is 0 Å². The van der Waals surface area contributed by atoms with E-state index < -0.39 is 15.3 Å². The maximum atomic E-state index is 12.3. The van der Waals surface area contributed by atoms with Crippen LogP contribution in [0.1, 0.15) is 26.2 Å². The average molecular weight is 241 g/mol. The van der Waals surface area contributed by atoms with Gasteiger partial charge in [0.25, 0.3) is 0 Å². The van der Waals surface area contributed by atoms with Gasteiger partial charge < -0.3 is 0 Å². The number of hydrogen-bond acceptors (Lipinski definition) is 2. The Kier molecular flexibility index (Phi) is 3.50. The summed E-state index contributed by atoms with van der Waals surface area (Å²) in [6.07, 6.45) is 10.7. The first-order valence-corrected chi connectivity index (χ1v) is 7.46. The molecule has 90 valence electrons. The van der Waals surface area contributed by atoms with Crippen LogP contribution in [-0.2, 0) is 10.0 Å². The van der Waals surface area contributed by atoms with Crippen LogP contribution in [0.15, 0.2) is 24.3 Å². The largest absolute Gasteiger partial charge is 0.224 e. The van der Waals surface area contributed by atoms with E-state index in [1.54, 1.807) is 4.31 Å². The summed E-state index contributed by atoms with van der Waals surface area (Å²) < 4.78 is 26.2. The van der Waals surface area contributed by atoms with Crippen LogP contribution < -0.4 is 0 Å². The summed E-state index contributed by atoms with van der Waals surface area (Å²) in [4.78, 5) is 0. The van der Waals surface area contributed by atoms with E-state index in [1.807, 2.05) is 24.3 Å². The molecule has 4 heteroatoms. The molecule has 2 rings (SSSR count). The van der Waals surface area contributed by atoms with Crippen molar-refractivity contribution in [3.8, 4) is 0 Å². The van der Waals surface area contributed by atoms with Crippen molar-refractivity contribution in [3.63, 3.8) is 0 Å². The number of hydrogen-bond donors (Lipinski definition) is 0. The van der Waals surface area contributed by atoms with Crippen LogP contribution >= 0.6 is 0 Å². The van der Waals surface area contributed by atoms with Gasteiger partial charge in [-0.05, 0) is 18.8 Å². The van der Waals surface area contributed by atoms with E-state index in [1.165, 1.54) is 0 Å². The van der Waals surface area contributed by atoms with Crippen LogP contribution in [0.4, 0.5) is 0 Å². The Morgan fingerprint density at radius 1 is 1.00 bits per heavy atom. The Labute approximate surface area is 97.9 Å². The molecule has 0 spiro atoms. The molecule has 0 atom stereocenters. The highest BCUT2D eigenvalue weighted by molar-refractivity contribution is 7.90. The van der Waals surface area contributed by atoms with Crippen molar-refractivity contribution in [2.24, 2.45) is 5.92 Å². The van der Waals surface area contributed by atoms with Crippen molar-refractivity contribution >= 4 is 10.0 Å². The molecule has 0 saturated carbocycles. The van der Waals surface area contributed by atoms with Gasteiger partial charge in [0.15, 0.2) is 0 Å². The van der Waals surface area contributed by atoms with E-state index >= 15 is 0 Å². The molecular weight excluding hydrogens is 222 g/mol. The van der Waals surface area contributed by atoms with Gasteiger partial charge in [-0.3, -0.25) is 0 Å². The molecule has 0 radical (unpaired) electrons. The summed E-state index contributed by atoms with van der Waals surface area (Å²) >= 11 is 0. The zero-order valence-electron chi connectivity index (χ0n) is 9.67. The molecule has 0 aromatic rings. The standard InChI is InChI=1S/C12H19NO2S/c1-11-5-7-12(8-6-11)16(14,15)13-9-3-2-4-10-13/h5-8,11-12H,2-4,9-10H2,1H3. The molecule has 3 nitrogen and oxygen atoms in total. The molecule has 1 heterocycles. The number of allylic oxidation sites excluding steroid dienone is 2. The van der Waals surface area contributed by atoms with Gasteiger partial charge in [0.05, 0.1) is 0 Å². The predicted molar refractivity (Wildman–Crippen MR) is 65.6 cm³/mol. The van der Waals surface area contributed by atoms with Crippen LogP contribution in [0.5, 0.6) is 0 Å². The summed E-state index contributed by atoms with van der Waals surface area (Å²) in [5.41, 5.74) is 0. The van der Waals surface area contributed by atoms with Crippen LogP contribution in [0.25, 0.3) is 0 Å². The molecule has 1 aliphatic carbocycles. The normalized spacial score (nSPS) is 31.8. The minimum atomic E-state index is -3.15.